The van der Waals surface area contributed by atoms with Gasteiger partial charge >= 0.3 is 0 Å². The molecule has 0 N–H and O–H groups in total. The van der Waals surface area contributed by atoms with Crippen LogP contribution in [-0.2, 0) is 11.3 Å². The van der Waals surface area contributed by atoms with Crippen molar-refractivity contribution < 1.29 is 18.9 Å². The molecule has 188 valence electrons. The summed E-state index contributed by atoms with van der Waals surface area (Å²) in [5, 5.41) is 19.8. The summed E-state index contributed by atoms with van der Waals surface area (Å²) in [7, 11) is 0. The number of amides is 1. The predicted molar refractivity (Wildman–Crippen MR) is 146 cm³/mol. The number of carbonyl (C=O) groups excluding carboxylic acids is 1. The van der Waals surface area contributed by atoms with E-state index in [-0.39, 0.29) is 18.1 Å². The molecule has 0 bridgehead atoms. The Bertz CT molecular complexity index is 1530. The minimum Gasteiger partial charge on any atom is -0.467 e. The second-order valence-electron chi connectivity index (χ2n) is 8.04. The molecule has 9 nitrogen and oxygen atoms in total. The fourth-order valence-electron chi connectivity index (χ4n) is 3.55. The smallest absolute Gasteiger partial charge is 0.269 e. The highest BCUT2D eigenvalue weighted by Gasteiger charge is 2.34. The number of amidine groups is 1. The Kier molecular flexibility index (Phi) is 7.42. The van der Waals surface area contributed by atoms with Gasteiger partial charge in [0.1, 0.15) is 17.3 Å². The molecule has 3 aromatic carbocycles. The molecule has 1 saturated heterocycles. The third kappa shape index (κ3) is 6.05. The first-order valence-corrected chi connectivity index (χ1v) is 12.3. The Labute approximate surface area is 221 Å². The molecule has 1 aromatic heterocycles. The minimum atomic E-state index is -0.469. The molecule has 1 amide bonds. The summed E-state index contributed by atoms with van der Waals surface area (Å²) in [5.74, 6) is 1.71. The van der Waals surface area contributed by atoms with Crippen LogP contribution in [-0.4, -0.2) is 27.1 Å². The van der Waals surface area contributed by atoms with Crippen molar-refractivity contribution in [2.45, 2.75) is 6.54 Å². The van der Waals surface area contributed by atoms with Crippen molar-refractivity contribution in [2.24, 2.45) is 10.2 Å². The average Bonchev–Trinajstić information content (AvgIpc) is 3.54. The first-order chi connectivity index (χ1) is 18.5. The van der Waals surface area contributed by atoms with Crippen LogP contribution in [0.5, 0.6) is 11.5 Å². The van der Waals surface area contributed by atoms with Crippen molar-refractivity contribution in [2.75, 3.05) is 0 Å². The van der Waals surface area contributed by atoms with Gasteiger partial charge in [-0.2, -0.15) is 5.10 Å². The summed E-state index contributed by atoms with van der Waals surface area (Å²) < 4.78 is 11.3. The monoisotopic (exact) mass is 524 g/mol. The van der Waals surface area contributed by atoms with Crippen molar-refractivity contribution in [1.29, 1.82) is 0 Å². The summed E-state index contributed by atoms with van der Waals surface area (Å²) in [6, 6.07) is 26.4. The maximum absolute atomic E-state index is 13.2. The number of non-ortho nitro benzene ring substituents is 1. The van der Waals surface area contributed by atoms with Crippen molar-refractivity contribution in [1.82, 2.24) is 4.90 Å². The molecule has 0 unspecified atom stereocenters. The fourth-order valence-corrected chi connectivity index (χ4v) is 4.49. The number of para-hydroxylation sites is 1. The van der Waals surface area contributed by atoms with Crippen LogP contribution in [0.15, 0.2) is 117 Å². The molecule has 0 spiro atoms. The van der Waals surface area contributed by atoms with Gasteiger partial charge in [-0.3, -0.25) is 19.8 Å². The zero-order valence-electron chi connectivity index (χ0n) is 19.8. The van der Waals surface area contributed by atoms with Crippen molar-refractivity contribution in [3.8, 4) is 11.5 Å². The minimum absolute atomic E-state index is 0.0215. The molecule has 1 fully saturated rings. The number of nitrogens with zero attached hydrogens (tertiary/aromatic N) is 4. The number of carbonyl (C=O) groups is 1. The first-order valence-electron chi connectivity index (χ1n) is 11.5. The lowest BCUT2D eigenvalue weighted by Gasteiger charge is -2.12. The van der Waals surface area contributed by atoms with E-state index in [1.165, 1.54) is 35.1 Å². The number of hydrogen-bond donors (Lipinski definition) is 0. The molecule has 0 radical (unpaired) electrons. The van der Waals surface area contributed by atoms with Gasteiger partial charge in [-0.05, 0) is 77.5 Å². The number of ether oxygens (including phenoxy) is 1. The van der Waals surface area contributed by atoms with E-state index in [9.17, 15) is 14.9 Å². The molecule has 1 aliphatic heterocycles. The number of nitro benzene ring substituents is 1. The molecule has 1 aliphatic rings. The second-order valence-corrected chi connectivity index (χ2v) is 9.05. The van der Waals surface area contributed by atoms with Gasteiger partial charge in [-0.1, -0.05) is 30.3 Å². The number of nitro groups is 1. The second kappa shape index (κ2) is 11.4. The van der Waals surface area contributed by atoms with Gasteiger partial charge in [0.25, 0.3) is 11.6 Å². The fraction of sp³-hybridized carbons (Fsp3) is 0.0357. The molecular weight excluding hydrogens is 504 g/mol. The maximum atomic E-state index is 13.2. The quantitative estimate of drug-likeness (QED) is 0.113. The van der Waals surface area contributed by atoms with E-state index in [2.05, 4.69) is 10.2 Å². The van der Waals surface area contributed by atoms with Gasteiger partial charge in [0.05, 0.1) is 28.9 Å². The molecule has 0 saturated carbocycles. The van der Waals surface area contributed by atoms with E-state index in [0.717, 1.165) is 11.3 Å². The Balaban J connectivity index is 1.37. The number of thioether (sulfide) groups is 1. The van der Waals surface area contributed by atoms with Crippen LogP contribution in [0.2, 0.25) is 0 Å². The molecule has 38 heavy (non-hydrogen) atoms. The lowest BCUT2D eigenvalue weighted by atomic mass is 10.2. The summed E-state index contributed by atoms with van der Waals surface area (Å²) in [6.45, 7) is 0.186. The molecular formula is C28H20N4O5S. The Morgan fingerprint density at radius 2 is 1.74 bits per heavy atom. The summed E-state index contributed by atoms with van der Waals surface area (Å²) >= 11 is 1.17. The summed E-state index contributed by atoms with van der Waals surface area (Å²) in [4.78, 5) is 25.6. The largest absolute Gasteiger partial charge is 0.467 e. The highest BCUT2D eigenvalue weighted by Crippen LogP contribution is 2.34. The van der Waals surface area contributed by atoms with E-state index in [4.69, 9.17) is 9.15 Å². The van der Waals surface area contributed by atoms with E-state index in [1.54, 1.807) is 36.6 Å². The lowest BCUT2D eigenvalue weighted by Crippen LogP contribution is -2.28. The molecule has 4 aromatic rings. The maximum Gasteiger partial charge on any atom is 0.269 e. The Morgan fingerprint density at radius 1 is 0.947 bits per heavy atom. The van der Waals surface area contributed by atoms with Gasteiger partial charge in [0.2, 0.25) is 0 Å². The zero-order chi connectivity index (χ0) is 26.3. The van der Waals surface area contributed by atoms with Crippen LogP contribution >= 0.6 is 11.8 Å². The standard InChI is InChI=1S/C28H20N4O5S/c33-27-26(17-20-11-13-22(14-12-20)32(34)35)38-28(31(27)19-25-10-5-15-36-25)30-29-18-21-6-4-9-24(16-21)37-23-7-2-1-3-8-23/h1-18H,19H2/b26-17-,29-18-,30-28+. The van der Waals surface area contributed by atoms with Gasteiger partial charge in [-0.15, -0.1) is 5.10 Å². The molecule has 0 aliphatic carbocycles. The molecule has 2 heterocycles. The number of furan rings is 1. The SMILES string of the molecule is O=C1/C(=C/c2ccc([N+](=O)[O-])cc2)S/C(=N/N=C\c2cccc(Oc3ccccc3)c2)N1Cc1ccco1. The summed E-state index contributed by atoms with van der Waals surface area (Å²) in [6.07, 6.45) is 4.79. The van der Waals surface area contributed by atoms with Crippen molar-refractivity contribution in [3.63, 3.8) is 0 Å². The Morgan fingerprint density at radius 3 is 2.47 bits per heavy atom. The van der Waals surface area contributed by atoms with Crippen molar-refractivity contribution in [3.05, 3.63) is 129 Å². The topological polar surface area (TPSA) is 111 Å². The van der Waals surface area contributed by atoms with E-state index < -0.39 is 4.92 Å². The summed E-state index contributed by atoms with van der Waals surface area (Å²) in [5.41, 5.74) is 1.41. The van der Waals surface area contributed by atoms with Crippen LogP contribution < -0.4 is 4.74 Å². The third-order valence-corrected chi connectivity index (χ3v) is 6.37. The molecule has 0 atom stereocenters. The van der Waals surface area contributed by atoms with Gasteiger partial charge in [0, 0.05) is 12.1 Å². The average molecular weight is 525 g/mol. The number of hydrogen-bond acceptors (Lipinski definition) is 8. The van der Waals surface area contributed by atoms with Crippen LogP contribution in [0.4, 0.5) is 5.69 Å². The van der Waals surface area contributed by atoms with Gasteiger partial charge in [-0.25, -0.2) is 0 Å². The first kappa shape index (κ1) is 24.7. The number of rotatable bonds is 8. The van der Waals surface area contributed by atoms with Gasteiger partial charge < -0.3 is 9.15 Å². The Hall–Kier alpha value is -4.96. The van der Waals surface area contributed by atoms with Gasteiger partial charge in [0.15, 0.2) is 5.17 Å². The van der Waals surface area contributed by atoms with Crippen LogP contribution in [0, 0.1) is 10.1 Å². The lowest BCUT2D eigenvalue weighted by molar-refractivity contribution is -0.384. The highest BCUT2D eigenvalue weighted by molar-refractivity contribution is 8.18. The van der Waals surface area contributed by atoms with Crippen LogP contribution in [0.3, 0.4) is 0 Å². The third-order valence-electron chi connectivity index (χ3n) is 5.37. The van der Waals surface area contributed by atoms with Crippen molar-refractivity contribution >= 4 is 40.8 Å². The molecule has 10 heteroatoms. The van der Waals surface area contributed by atoms with Crippen LogP contribution in [0.1, 0.15) is 16.9 Å². The zero-order valence-corrected chi connectivity index (χ0v) is 20.7. The molecule has 5 rings (SSSR count). The van der Waals surface area contributed by atoms with E-state index in [0.29, 0.717) is 27.1 Å². The van der Waals surface area contributed by atoms with Crippen LogP contribution in [0.25, 0.3) is 6.08 Å². The normalized spacial score (nSPS) is 15.6. The van der Waals surface area contributed by atoms with E-state index >= 15 is 0 Å². The number of benzene rings is 3. The highest BCUT2D eigenvalue weighted by atomic mass is 32.2. The predicted octanol–water partition coefficient (Wildman–Crippen LogP) is 6.49. The van der Waals surface area contributed by atoms with E-state index in [1.807, 2.05) is 54.6 Å².